The summed E-state index contributed by atoms with van der Waals surface area (Å²) in [5.74, 6) is 1.10. The van der Waals surface area contributed by atoms with Crippen LogP contribution in [-0.4, -0.2) is 32.8 Å². The van der Waals surface area contributed by atoms with E-state index in [9.17, 15) is 9.90 Å². The first-order valence-corrected chi connectivity index (χ1v) is 12.0. The van der Waals surface area contributed by atoms with Gasteiger partial charge >= 0.3 is 5.97 Å². The Balaban J connectivity index is 1.71. The third-order valence-corrected chi connectivity index (χ3v) is 6.67. The number of carboxylic acid groups (broad SMARTS) is 1. The number of anilines is 1. The lowest BCUT2D eigenvalue weighted by Crippen LogP contribution is -2.05. The van der Waals surface area contributed by atoms with Crippen LogP contribution >= 0.6 is 11.6 Å². The smallest absolute Gasteiger partial charge is 0.328 e. The van der Waals surface area contributed by atoms with Crippen molar-refractivity contribution in [3.05, 3.63) is 71.1 Å². The second-order valence-electron chi connectivity index (χ2n) is 8.66. The van der Waals surface area contributed by atoms with E-state index in [1.807, 2.05) is 16.6 Å². The van der Waals surface area contributed by atoms with Crippen LogP contribution in [0.2, 0.25) is 5.02 Å². The van der Waals surface area contributed by atoms with Crippen molar-refractivity contribution in [3.63, 3.8) is 0 Å². The van der Waals surface area contributed by atoms with Crippen LogP contribution in [0.4, 0.5) is 5.82 Å². The number of methoxy groups -OCH3 is 1. The van der Waals surface area contributed by atoms with Crippen molar-refractivity contribution in [1.29, 1.82) is 0 Å². The number of carboxylic acids is 1. The summed E-state index contributed by atoms with van der Waals surface area (Å²) in [5, 5.41) is 14.5. The molecular weight excluding hydrogens is 480 g/mol. The predicted octanol–water partition coefficient (Wildman–Crippen LogP) is 6.19. The number of hydrogen-bond acceptors (Lipinski definition) is 6. The van der Waals surface area contributed by atoms with Gasteiger partial charge in [-0.2, -0.15) is 5.10 Å². The number of ether oxygens (including phenoxy) is 2. The number of aromatic nitrogens is 3. The van der Waals surface area contributed by atoms with E-state index in [1.54, 1.807) is 43.5 Å². The summed E-state index contributed by atoms with van der Waals surface area (Å²) in [6, 6.07) is 12.6. The summed E-state index contributed by atoms with van der Waals surface area (Å²) in [6.45, 7) is 0. The number of halogens is 1. The van der Waals surface area contributed by atoms with Crippen LogP contribution in [0.25, 0.3) is 22.7 Å². The summed E-state index contributed by atoms with van der Waals surface area (Å²) in [4.78, 5) is 15.7. The maximum atomic E-state index is 11.5. The Morgan fingerprint density at radius 2 is 2.00 bits per heavy atom. The molecule has 0 atom stereocenters. The lowest BCUT2D eigenvalue weighted by atomic mass is 9.94. The highest BCUT2D eigenvalue weighted by atomic mass is 35.5. The van der Waals surface area contributed by atoms with Gasteiger partial charge in [-0.25, -0.2) is 14.3 Å². The lowest BCUT2D eigenvalue weighted by molar-refractivity contribution is -0.131. The molecule has 1 aliphatic carbocycles. The molecule has 2 aromatic heterocycles. The van der Waals surface area contributed by atoms with Crippen molar-refractivity contribution in [3.8, 4) is 28.4 Å². The topological polar surface area (TPSA) is 112 Å². The van der Waals surface area contributed by atoms with Gasteiger partial charge in [-0.3, -0.25) is 0 Å². The molecular formula is C27H25ClN4O4. The molecule has 1 fully saturated rings. The first kappa shape index (κ1) is 23.7. The van der Waals surface area contributed by atoms with Gasteiger partial charge in [0.05, 0.1) is 12.8 Å². The van der Waals surface area contributed by atoms with Crippen LogP contribution in [0.15, 0.2) is 54.9 Å². The van der Waals surface area contributed by atoms with E-state index in [0.717, 1.165) is 54.1 Å². The molecule has 9 heteroatoms. The summed E-state index contributed by atoms with van der Waals surface area (Å²) < 4.78 is 13.5. The summed E-state index contributed by atoms with van der Waals surface area (Å²) in [6.07, 6.45) is 8.42. The van der Waals surface area contributed by atoms with Crippen molar-refractivity contribution >= 4 is 35.0 Å². The lowest BCUT2D eigenvalue weighted by Gasteiger charge is -2.13. The fourth-order valence-electron chi connectivity index (χ4n) is 4.93. The van der Waals surface area contributed by atoms with Gasteiger partial charge in [0.15, 0.2) is 17.3 Å². The van der Waals surface area contributed by atoms with E-state index in [2.05, 4.69) is 10.1 Å². The molecule has 2 heterocycles. The fraction of sp³-hybridized carbons (Fsp3) is 0.222. The molecule has 3 N–H and O–H groups in total. The van der Waals surface area contributed by atoms with Gasteiger partial charge < -0.3 is 20.3 Å². The minimum Gasteiger partial charge on any atom is -0.493 e. The summed E-state index contributed by atoms with van der Waals surface area (Å²) in [7, 11) is 1.56. The molecule has 4 aromatic rings. The zero-order valence-electron chi connectivity index (χ0n) is 19.6. The van der Waals surface area contributed by atoms with Gasteiger partial charge in [-0.1, -0.05) is 36.6 Å². The first-order valence-electron chi connectivity index (χ1n) is 11.6. The van der Waals surface area contributed by atoms with Crippen LogP contribution in [0, 0.1) is 0 Å². The number of rotatable bonds is 7. The molecule has 0 aliphatic heterocycles. The third-order valence-electron chi connectivity index (χ3n) is 6.44. The van der Waals surface area contributed by atoms with Gasteiger partial charge in [0, 0.05) is 28.1 Å². The average molecular weight is 505 g/mol. The monoisotopic (exact) mass is 504 g/mol. The van der Waals surface area contributed by atoms with E-state index < -0.39 is 5.97 Å². The number of carbonyl (C=O) groups is 1. The minimum absolute atomic E-state index is 0.237. The van der Waals surface area contributed by atoms with Crippen molar-refractivity contribution in [2.24, 2.45) is 0 Å². The van der Waals surface area contributed by atoms with E-state index in [1.165, 1.54) is 6.33 Å². The summed E-state index contributed by atoms with van der Waals surface area (Å²) in [5.41, 5.74) is 10.2. The maximum absolute atomic E-state index is 11.5. The van der Waals surface area contributed by atoms with Crippen LogP contribution in [-0.2, 0) is 4.79 Å². The van der Waals surface area contributed by atoms with Crippen molar-refractivity contribution in [2.45, 2.75) is 31.6 Å². The molecule has 0 amide bonds. The van der Waals surface area contributed by atoms with Crippen LogP contribution < -0.4 is 15.2 Å². The van der Waals surface area contributed by atoms with E-state index in [-0.39, 0.29) is 5.92 Å². The minimum atomic E-state index is -1.03. The zero-order chi connectivity index (χ0) is 25.2. The Morgan fingerprint density at radius 1 is 1.19 bits per heavy atom. The molecule has 5 rings (SSSR count). The number of nitrogens with zero attached hydrogens (tertiary/aromatic N) is 3. The molecule has 0 saturated heterocycles. The largest absolute Gasteiger partial charge is 0.493 e. The average Bonchev–Trinajstić information content (AvgIpc) is 3.49. The van der Waals surface area contributed by atoms with E-state index in [4.69, 9.17) is 26.8 Å². The molecule has 0 unspecified atom stereocenters. The molecule has 36 heavy (non-hydrogen) atoms. The molecule has 8 nitrogen and oxygen atoms in total. The second kappa shape index (κ2) is 9.91. The molecule has 184 valence electrons. The number of aliphatic carboxylic acids is 1. The predicted molar refractivity (Wildman–Crippen MR) is 139 cm³/mol. The second-order valence-corrected chi connectivity index (χ2v) is 9.09. The fourth-order valence-corrected chi connectivity index (χ4v) is 5.11. The van der Waals surface area contributed by atoms with Gasteiger partial charge in [0.25, 0.3) is 0 Å². The maximum Gasteiger partial charge on any atom is 0.328 e. The van der Waals surface area contributed by atoms with Crippen LogP contribution in [0.5, 0.6) is 17.2 Å². The van der Waals surface area contributed by atoms with Gasteiger partial charge in [-0.05, 0) is 54.8 Å². The Kier molecular flexibility index (Phi) is 6.52. The molecule has 2 aromatic carbocycles. The number of fused-ring (bicyclic) bond motifs is 1. The van der Waals surface area contributed by atoms with Crippen molar-refractivity contribution in [1.82, 2.24) is 14.6 Å². The quantitative estimate of drug-likeness (QED) is 0.288. The number of nitrogen functional groups attached to an aromatic ring is 1. The Bertz CT molecular complexity index is 1470. The van der Waals surface area contributed by atoms with Gasteiger partial charge in [0.2, 0.25) is 0 Å². The SMILES string of the molecule is COc1cc(-c2c(C=CC(=O)O)c(C3CCCC3)n3ncnc(N)c23)ccc1Oc1cccc(Cl)c1. The molecule has 0 spiro atoms. The van der Waals surface area contributed by atoms with Crippen LogP contribution in [0.1, 0.15) is 42.9 Å². The number of nitrogens with two attached hydrogens (primary N) is 1. The van der Waals surface area contributed by atoms with E-state index in [0.29, 0.717) is 33.6 Å². The normalized spacial score (nSPS) is 14.1. The van der Waals surface area contributed by atoms with Crippen LogP contribution in [0.3, 0.4) is 0 Å². The Morgan fingerprint density at radius 3 is 2.72 bits per heavy atom. The number of hydrogen-bond donors (Lipinski definition) is 2. The highest BCUT2D eigenvalue weighted by Crippen LogP contribution is 2.45. The number of benzene rings is 2. The van der Waals surface area contributed by atoms with Gasteiger partial charge in [0.1, 0.15) is 17.6 Å². The molecule has 0 radical (unpaired) electrons. The summed E-state index contributed by atoms with van der Waals surface area (Å²) >= 11 is 6.10. The zero-order valence-corrected chi connectivity index (χ0v) is 20.4. The third kappa shape index (κ3) is 4.47. The molecule has 0 bridgehead atoms. The van der Waals surface area contributed by atoms with Crippen molar-refractivity contribution < 1.29 is 19.4 Å². The Labute approximate surface area is 212 Å². The van der Waals surface area contributed by atoms with E-state index >= 15 is 0 Å². The van der Waals surface area contributed by atoms with Gasteiger partial charge in [-0.15, -0.1) is 0 Å². The first-order chi connectivity index (χ1) is 17.5. The highest BCUT2D eigenvalue weighted by Gasteiger charge is 2.29. The molecule has 1 saturated carbocycles. The van der Waals surface area contributed by atoms with Crippen molar-refractivity contribution in [2.75, 3.05) is 12.8 Å². The standard InChI is InChI=1S/C27H25ClN4O4/c1-35-22-13-17(9-11-21(22)36-19-8-4-7-18(28)14-19)24-20(10-12-23(33)34)25(16-5-2-3-6-16)32-26(24)27(29)30-15-31-32/h4,7-16H,2-3,5-6H2,1H3,(H,33,34)(H2,29,30,31). The Hall–Kier alpha value is -4.04. The highest BCUT2D eigenvalue weighted by molar-refractivity contribution is 6.30. The molecule has 1 aliphatic rings.